The smallest absolute Gasteiger partial charge is 0.270 e. The number of carbonyl (C=O) groups is 1. The maximum atomic E-state index is 12.6. The van der Waals surface area contributed by atoms with Gasteiger partial charge in [0.05, 0.1) is 0 Å². The number of aryl methyl sites for hydroxylation is 1. The molecule has 0 N–H and O–H groups in total. The zero-order valence-electron chi connectivity index (χ0n) is 11.6. The van der Waals surface area contributed by atoms with Gasteiger partial charge in [0.2, 0.25) is 0 Å². The van der Waals surface area contributed by atoms with E-state index in [0.717, 1.165) is 31.6 Å². The van der Waals surface area contributed by atoms with Crippen molar-refractivity contribution < 1.29 is 4.79 Å². The number of nitrogens with zero attached hydrogens (tertiary/aromatic N) is 2. The minimum absolute atomic E-state index is 0.0763. The van der Waals surface area contributed by atoms with Crippen molar-refractivity contribution in [3.05, 3.63) is 23.0 Å². The summed E-state index contributed by atoms with van der Waals surface area (Å²) in [5.41, 5.74) is 3.69. The number of rotatable bonds is 0. The van der Waals surface area contributed by atoms with E-state index in [9.17, 15) is 4.79 Å². The molecule has 2 aliphatic rings. The molecular formula is C15H22N2O. The van der Waals surface area contributed by atoms with E-state index in [4.69, 9.17) is 0 Å². The van der Waals surface area contributed by atoms with Crippen molar-refractivity contribution in [1.82, 2.24) is 9.47 Å². The summed E-state index contributed by atoms with van der Waals surface area (Å²) in [6.45, 7) is 8.15. The molecule has 0 fully saturated rings. The number of aromatic nitrogens is 1. The van der Waals surface area contributed by atoms with Crippen molar-refractivity contribution in [3.63, 3.8) is 0 Å². The summed E-state index contributed by atoms with van der Waals surface area (Å²) in [4.78, 5) is 14.6. The first-order chi connectivity index (χ1) is 8.48. The normalized spacial score (nSPS) is 19.7. The summed E-state index contributed by atoms with van der Waals surface area (Å²) >= 11 is 0. The Bertz CT molecular complexity index is 493. The fraction of sp³-hybridized carbons (Fsp3) is 0.667. The van der Waals surface area contributed by atoms with Gasteiger partial charge in [-0.2, -0.15) is 0 Å². The predicted molar refractivity (Wildman–Crippen MR) is 71.9 cm³/mol. The van der Waals surface area contributed by atoms with E-state index >= 15 is 0 Å². The van der Waals surface area contributed by atoms with Crippen LogP contribution in [0.3, 0.4) is 0 Å². The molecule has 0 unspecified atom stereocenters. The Hall–Kier alpha value is -1.25. The van der Waals surface area contributed by atoms with E-state index in [-0.39, 0.29) is 11.4 Å². The second-order valence-electron chi connectivity index (χ2n) is 6.49. The maximum Gasteiger partial charge on any atom is 0.270 e. The predicted octanol–water partition coefficient (Wildman–Crippen LogP) is 2.62. The Morgan fingerprint density at radius 3 is 2.56 bits per heavy atom. The molecule has 0 atom stereocenters. The van der Waals surface area contributed by atoms with Crippen LogP contribution in [0.2, 0.25) is 0 Å². The van der Waals surface area contributed by atoms with Crippen molar-refractivity contribution in [1.29, 1.82) is 0 Å². The number of carbonyl (C=O) groups excluding carboxylic acids is 1. The molecule has 3 rings (SSSR count). The Morgan fingerprint density at radius 1 is 1.11 bits per heavy atom. The third-order valence-electron chi connectivity index (χ3n) is 4.23. The molecule has 1 aromatic rings. The largest absolute Gasteiger partial charge is 0.339 e. The third-order valence-corrected chi connectivity index (χ3v) is 4.23. The Kier molecular flexibility index (Phi) is 2.54. The monoisotopic (exact) mass is 246 g/mol. The third kappa shape index (κ3) is 1.68. The standard InChI is InChI=1S/C15H22N2O/c1-15(2,3)17-9-8-16-12-7-5-4-6-11(12)10-13(16)14(17)18/h10H,4-9H2,1-3H3. The highest BCUT2D eigenvalue weighted by Crippen LogP contribution is 2.30. The SMILES string of the molecule is CC(C)(C)N1CCn2c(cc3c2CCCC3)C1=O. The first kappa shape index (κ1) is 11.8. The molecule has 0 aromatic carbocycles. The maximum absolute atomic E-state index is 12.6. The van der Waals surface area contributed by atoms with Crippen molar-refractivity contribution in [2.75, 3.05) is 6.54 Å². The fourth-order valence-corrected chi connectivity index (χ4v) is 3.28. The van der Waals surface area contributed by atoms with Crippen LogP contribution in [-0.4, -0.2) is 27.5 Å². The molecule has 18 heavy (non-hydrogen) atoms. The summed E-state index contributed by atoms with van der Waals surface area (Å²) < 4.78 is 2.28. The summed E-state index contributed by atoms with van der Waals surface area (Å²) in [5, 5.41) is 0. The van der Waals surface area contributed by atoms with Gasteiger partial charge in [0, 0.05) is 24.3 Å². The van der Waals surface area contributed by atoms with Gasteiger partial charge in [-0.05, 0) is 58.1 Å². The van der Waals surface area contributed by atoms with Gasteiger partial charge in [-0.3, -0.25) is 4.79 Å². The topological polar surface area (TPSA) is 25.2 Å². The number of amides is 1. The van der Waals surface area contributed by atoms with Crippen LogP contribution < -0.4 is 0 Å². The molecule has 1 amide bonds. The van der Waals surface area contributed by atoms with E-state index in [0.29, 0.717) is 0 Å². The van der Waals surface area contributed by atoms with Gasteiger partial charge in [-0.1, -0.05) is 0 Å². The van der Waals surface area contributed by atoms with Crippen molar-refractivity contribution >= 4 is 5.91 Å². The average molecular weight is 246 g/mol. The van der Waals surface area contributed by atoms with Crippen LogP contribution in [0.5, 0.6) is 0 Å². The molecule has 1 aliphatic carbocycles. The zero-order valence-corrected chi connectivity index (χ0v) is 11.6. The highest BCUT2D eigenvalue weighted by Gasteiger charge is 2.34. The molecule has 0 radical (unpaired) electrons. The Labute approximate surface area is 109 Å². The molecule has 3 heteroatoms. The first-order valence-corrected chi connectivity index (χ1v) is 7.02. The Morgan fingerprint density at radius 2 is 1.83 bits per heavy atom. The molecule has 0 saturated heterocycles. The second-order valence-corrected chi connectivity index (χ2v) is 6.49. The van der Waals surface area contributed by atoms with Crippen LogP contribution in [0, 0.1) is 0 Å². The van der Waals surface area contributed by atoms with Crippen LogP contribution in [-0.2, 0) is 19.4 Å². The fourth-order valence-electron chi connectivity index (χ4n) is 3.28. The molecule has 0 bridgehead atoms. The van der Waals surface area contributed by atoms with E-state index in [1.807, 2.05) is 4.90 Å². The van der Waals surface area contributed by atoms with Gasteiger partial charge in [0.25, 0.3) is 5.91 Å². The minimum Gasteiger partial charge on any atom is -0.339 e. The second kappa shape index (κ2) is 3.87. The molecule has 1 aromatic heterocycles. The lowest BCUT2D eigenvalue weighted by atomic mass is 9.98. The van der Waals surface area contributed by atoms with Gasteiger partial charge in [0.1, 0.15) is 5.69 Å². The highest BCUT2D eigenvalue weighted by atomic mass is 16.2. The van der Waals surface area contributed by atoms with Crippen LogP contribution >= 0.6 is 0 Å². The van der Waals surface area contributed by atoms with Gasteiger partial charge in [-0.15, -0.1) is 0 Å². The number of hydrogen-bond donors (Lipinski definition) is 0. The lowest BCUT2D eigenvalue weighted by molar-refractivity contribution is 0.0513. The van der Waals surface area contributed by atoms with Crippen LogP contribution in [0.25, 0.3) is 0 Å². The molecule has 0 spiro atoms. The minimum atomic E-state index is -0.0763. The summed E-state index contributed by atoms with van der Waals surface area (Å²) in [7, 11) is 0. The van der Waals surface area contributed by atoms with Gasteiger partial charge in [0.15, 0.2) is 0 Å². The zero-order chi connectivity index (χ0) is 12.9. The van der Waals surface area contributed by atoms with Gasteiger partial charge < -0.3 is 9.47 Å². The first-order valence-electron chi connectivity index (χ1n) is 7.02. The molecule has 1 aliphatic heterocycles. The average Bonchev–Trinajstić information content (AvgIpc) is 2.68. The molecule has 3 nitrogen and oxygen atoms in total. The van der Waals surface area contributed by atoms with Gasteiger partial charge in [-0.25, -0.2) is 0 Å². The lowest BCUT2D eigenvalue weighted by Gasteiger charge is -2.39. The number of fused-ring (bicyclic) bond motifs is 3. The number of hydrogen-bond acceptors (Lipinski definition) is 1. The van der Waals surface area contributed by atoms with Gasteiger partial charge >= 0.3 is 0 Å². The van der Waals surface area contributed by atoms with E-state index in [1.54, 1.807) is 0 Å². The molecule has 0 saturated carbocycles. The van der Waals surface area contributed by atoms with Crippen LogP contribution in [0.15, 0.2) is 6.07 Å². The van der Waals surface area contributed by atoms with Crippen LogP contribution in [0.4, 0.5) is 0 Å². The van der Waals surface area contributed by atoms with E-state index < -0.39 is 0 Å². The lowest BCUT2D eigenvalue weighted by Crippen LogP contribution is -2.50. The van der Waals surface area contributed by atoms with E-state index in [2.05, 4.69) is 31.4 Å². The molecular weight excluding hydrogens is 224 g/mol. The van der Waals surface area contributed by atoms with Crippen molar-refractivity contribution in [2.24, 2.45) is 0 Å². The highest BCUT2D eigenvalue weighted by molar-refractivity contribution is 5.94. The summed E-state index contributed by atoms with van der Waals surface area (Å²) in [6, 6.07) is 2.15. The summed E-state index contributed by atoms with van der Waals surface area (Å²) in [5.74, 6) is 0.211. The Balaban J connectivity index is 2.02. The summed E-state index contributed by atoms with van der Waals surface area (Å²) in [6.07, 6.45) is 4.84. The van der Waals surface area contributed by atoms with Crippen molar-refractivity contribution in [2.45, 2.75) is 58.5 Å². The molecule has 2 heterocycles. The van der Waals surface area contributed by atoms with Crippen molar-refractivity contribution in [3.8, 4) is 0 Å². The quantitative estimate of drug-likeness (QED) is 0.691. The van der Waals surface area contributed by atoms with E-state index in [1.165, 1.54) is 24.1 Å². The molecule has 98 valence electrons. The van der Waals surface area contributed by atoms with Crippen LogP contribution in [0.1, 0.15) is 55.4 Å².